The molecule has 0 aliphatic carbocycles. The molecule has 1 saturated heterocycles. The molecule has 1 unspecified atom stereocenters. The quantitative estimate of drug-likeness (QED) is 0.923. The van der Waals surface area contributed by atoms with E-state index in [2.05, 4.69) is 17.1 Å². The molecule has 1 atom stereocenters. The number of nitrogens with one attached hydrogen (secondary N) is 1. The second kappa shape index (κ2) is 6.48. The van der Waals surface area contributed by atoms with Gasteiger partial charge in [-0.1, -0.05) is 25.1 Å². The Morgan fingerprint density at radius 3 is 2.86 bits per heavy atom. The first-order valence-electron chi connectivity index (χ1n) is 8.04. The van der Waals surface area contributed by atoms with E-state index in [9.17, 15) is 4.79 Å². The molecule has 3 rings (SSSR count). The molecule has 0 bridgehead atoms. The molecule has 1 amide bonds. The van der Waals surface area contributed by atoms with Crippen LogP contribution < -0.4 is 10.1 Å². The number of carbonyl (C=O) groups is 1. The summed E-state index contributed by atoms with van der Waals surface area (Å²) in [6.45, 7) is 5.50. The molecule has 1 aromatic rings. The zero-order chi connectivity index (χ0) is 14.7. The molecule has 2 aliphatic rings. The van der Waals surface area contributed by atoms with Crippen molar-refractivity contribution in [2.45, 2.75) is 38.1 Å². The average molecular weight is 288 g/mol. The van der Waals surface area contributed by atoms with E-state index in [4.69, 9.17) is 4.74 Å². The van der Waals surface area contributed by atoms with Gasteiger partial charge in [-0.25, -0.2) is 0 Å². The van der Waals surface area contributed by atoms with Crippen LogP contribution in [0, 0.1) is 0 Å². The molecule has 114 valence electrons. The molecule has 0 aromatic heterocycles. The number of nitrogens with zero attached hydrogens (tertiary/aromatic N) is 1. The highest BCUT2D eigenvalue weighted by Gasteiger charge is 2.35. The minimum Gasteiger partial charge on any atom is -0.492 e. The lowest BCUT2D eigenvalue weighted by Gasteiger charge is -2.36. The zero-order valence-electron chi connectivity index (χ0n) is 12.7. The van der Waals surface area contributed by atoms with Gasteiger partial charge in [0.25, 0.3) is 0 Å². The number of hydrogen-bond acceptors (Lipinski definition) is 3. The summed E-state index contributed by atoms with van der Waals surface area (Å²) in [6, 6.07) is 8.31. The predicted molar refractivity (Wildman–Crippen MR) is 82.6 cm³/mol. The summed E-state index contributed by atoms with van der Waals surface area (Å²) in [4.78, 5) is 15.1. The standard InChI is InChI=1S/C17H24N2O2/c1-2-11-19(13-7-9-18-10-8-13)17(20)15-12-21-16-6-4-3-5-14(15)16/h3-6,13,15,18H,2,7-12H2,1H3. The Morgan fingerprint density at radius 1 is 1.33 bits per heavy atom. The summed E-state index contributed by atoms with van der Waals surface area (Å²) in [5.74, 6) is 0.994. The summed E-state index contributed by atoms with van der Waals surface area (Å²) in [5, 5.41) is 3.37. The van der Waals surface area contributed by atoms with Crippen LogP contribution in [-0.4, -0.2) is 43.1 Å². The smallest absolute Gasteiger partial charge is 0.233 e. The molecule has 2 aliphatic heterocycles. The van der Waals surface area contributed by atoms with Gasteiger partial charge in [-0.05, 0) is 38.4 Å². The van der Waals surface area contributed by atoms with Crippen molar-refractivity contribution in [3.8, 4) is 5.75 Å². The van der Waals surface area contributed by atoms with E-state index in [-0.39, 0.29) is 11.8 Å². The van der Waals surface area contributed by atoms with E-state index in [1.807, 2.05) is 24.3 Å². The van der Waals surface area contributed by atoms with Crippen molar-refractivity contribution in [3.63, 3.8) is 0 Å². The van der Waals surface area contributed by atoms with Gasteiger partial charge in [-0.3, -0.25) is 4.79 Å². The molecular formula is C17H24N2O2. The predicted octanol–water partition coefficient (Wildman–Crippen LogP) is 2.15. The molecule has 21 heavy (non-hydrogen) atoms. The minimum absolute atomic E-state index is 0.123. The molecule has 4 nitrogen and oxygen atoms in total. The van der Waals surface area contributed by atoms with Crippen molar-refractivity contribution in [1.82, 2.24) is 10.2 Å². The van der Waals surface area contributed by atoms with Crippen LogP contribution in [0.15, 0.2) is 24.3 Å². The van der Waals surface area contributed by atoms with Crippen molar-refractivity contribution in [3.05, 3.63) is 29.8 Å². The first-order valence-corrected chi connectivity index (χ1v) is 8.04. The maximum atomic E-state index is 13.0. The van der Waals surface area contributed by atoms with Crippen molar-refractivity contribution >= 4 is 5.91 Å². The number of amides is 1. The maximum Gasteiger partial charge on any atom is 0.233 e. The lowest BCUT2D eigenvalue weighted by atomic mass is 9.97. The van der Waals surface area contributed by atoms with Gasteiger partial charge >= 0.3 is 0 Å². The monoisotopic (exact) mass is 288 g/mol. The number of rotatable bonds is 4. The fraction of sp³-hybridized carbons (Fsp3) is 0.588. The number of ether oxygens (including phenoxy) is 1. The Morgan fingerprint density at radius 2 is 2.10 bits per heavy atom. The number of piperidine rings is 1. The highest BCUT2D eigenvalue weighted by molar-refractivity contribution is 5.85. The molecule has 0 spiro atoms. The third-order valence-electron chi connectivity index (χ3n) is 4.50. The molecule has 1 aromatic carbocycles. The highest BCUT2D eigenvalue weighted by atomic mass is 16.5. The third-order valence-corrected chi connectivity index (χ3v) is 4.50. The van der Waals surface area contributed by atoms with Crippen LogP contribution in [0.5, 0.6) is 5.75 Å². The van der Waals surface area contributed by atoms with E-state index in [0.717, 1.165) is 50.2 Å². The van der Waals surface area contributed by atoms with Gasteiger partial charge in [-0.15, -0.1) is 0 Å². The van der Waals surface area contributed by atoms with E-state index in [1.165, 1.54) is 0 Å². The lowest BCUT2D eigenvalue weighted by Crippen LogP contribution is -2.48. The molecule has 1 N–H and O–H groups in total. The van der Waals surface area contributed by atoms with E-state index < -0.39 is 0 Å². The van der Waals surface area contributed by atoms with Crippen LogP contribution >= 0.6 is 0 Å². The zero-order valence-corrected chi connectivity index (χ0v) is 12.7. The van der Waals surface area contributed by atoms with Crippen LogP contribution in [0.2, 0.25) is 0 Å². The summed E-state index contributed by atoms with van der Waals surface area (Å²) >= 11 is 0. The van der Waals surface area contributed by atoms with Gasteiger partial charge in [0.2, 0.25) is 5.91 Å². The Kier molecular flexibility index (Phi) is 4.44. The van der Waals surface area contributed by atoms with Gasteiger partial charge in [0.15, 0.2) is 0 Å². The fourth-order valence-electron chi connectivity index (χ4n) is 3.40. The van der Waals surface area contributed by atoms with E-state index >= 15 is 0 Å². The molecule has 0 saturated carbocycles. The van der Waals surface area contributed by atoms with Crippen LogP contribution in [0.4, 0.5) is 0 Å². The summed E-state index contributed by atoms with van der Waals surface area (Å²) in [6.07, 6.45) is 3.12. The maximum absolute atomic E-state index is 13.0. The minimum atomic E-state index is -0.123. The number of carbonyl (C=O) groups excluding carboxylic acids is 1. The number of fused-ring (bicyclic) bond motifs is 1. The van der Waals surface area contributed by atoms with Crippen LogP contribution in [0.25, 0.3) is 0 Å². The molecule has 1 fully saturated rings. The SMILES string of the molecule is CCCN(C(=O)C1COc2ccccc21)C1CCNCC1. The summed E-state index contributed by atoms with van der Waals surface area (Å²) in [5.41, 5.74) is 1.05. The number of para-hydroxylation sites is 1. The van der Waals surface area contributed by atoms with Crippen molar-refractivity contribution in [2.24, 2.45) is 0 Å². The average Bonchev–Trinajstić information content (AvgIpc) is 2.97. The topological polar surface area (TPSA) is 41.6 Å². The second-order valence-electron chi connectivity index (χ2n) is 5.91. The Labute approximate surface area is 126 Å². The van der Waals surface area contributed by atoms with Gasteiger partial charge in [0.05, 0.1) is 0 Å². The summed E-state index contributed by atoms with van der Waals surface area (Å²) in [7, 11) is 0. The van der Waals surface area contributed by atoms with Crippen LogP contribution in [-0.2, 0) is 4.79 Å². The third kappa shape index (κ3) is 2.91. The molecular weight excluding hydrogens is 264 g/mol. The van der Waals surface area contributed by atoms with Gasteiger partial charge in [0, 0.05) is 18.2 Å². The largest absolute Gasteiger partial charge is 0.492 e. The Bertz CT molecular complexity index is 497. The first kappa shape index (κ1) is 14.4. The number of hydrogen-bond donors (Lipinski definition) is 1. The van der Waals surface area contributed by atoms with Crippen LogP contribution in [0.1, 0.15) is 37.7 Å². The van der Waals surface area contributed by atoms with Gasteiger partial charge in [0.1, 0.15) is 18.3 Å². The molecule has 4 heteroatoms. The molecule has 0 radical (unpaired) electrons. The first-order chi connectivity index (χ1) is 10.3. The van der Waals surface area contributed by atoms with Crippen LogP contribution in [0.3, 0.4) is 0 Å². The van der Waals surface area contributed by atoms with Gasteiger partial charge in [-0.2, -0.15) is 0 Å². The molecule has 2 heterocycles. The lowest BCUT2D eigenvalue weighted by molar-refractivity contribution is -0.136. The summed E-state index contributed by atoms with van der Waals surface area (Å²) < 4.78 is 5.69. The highest BCUT2D eigenvalue weighted by Crippen LogP contribution is 2.35. The Balaban J connectivity index is 1.78. The second-order valence-corrected chi connectivity index (χ2v) is 5.91. The van der Waals surface area contributed by atoms with Crippen molar-refractivity contribution < 1.29 is 9.53 Å². The van der Waals surface area contributed by atoms with E-state index in [0.29, 0.717) is 12.6 Å². The number of benzene rings is 1. The van der Waals surface area contributed by atoms with Gasteiger partial charge < -0.3 is 15.0 Å². The van der Waals surface area contributed by atoms with Crippen molar-refractivity contribution in [2.75, 3.05) is 26.2 Å². The van der Waals surface area contributed by atoms with Crippen molar-refractivity contribution in [1.29, 1.82) is 0 Å². The van der Waals surface area contributed by atoms with E-state index in [1.54, 1.807) is 0 Å². The Hall–Kier alpha value is -1.55. The normalized spacial score (nSPS) is 21.7. The fourth-order valence-corrected chi connectivity index (χ4v) is 3.40.